The van der Waals surface area contributed by atoms with Gasteiger partial charge in [0.15, 0.2) is 10.9 Å². The van der Waals surface area contributed by atoms with E-state index in [1.54, 1.807) is 61.7 Å². The number of rotatable bonds is 7. The number of nitrogens with one attached hydrogen (secondary N) is 1. The lowest BCUT2D eigenvalue weighted by atomic mass is 9.89. The van der Waals surface area contributed by atoms with Gasteiger partial charge in [-0.3, -0.25) is 9.78 Å². The van der Waals surface area contributed by atoms with Gasteiger partial charge in [0.25, 0.3) is 0 Å². The molecule has 1 N–H and O–H groups in total. The van der Waals surface area contributed by atoms with Gasteiger partial charge in [0.2, 0.25) is 5.91 Å². The molecule has 1 atom stereocenters. The number of hydrogen-bond acceptors (Lipinski definition) is 7. The fraction of sp³-hybridized carbons (Fsp3) is 0.333. The molecule has 1 aromatic carbocycles. The van der Waals surface area contributed by atoms with Crippen molar-refractivity contribution in [2.45, 2.75) is 59.0 Å². The standard InChI is InChI=1S/C27H27F3N4O3S/c1-15(2)37-25(36)22-23(20-10-16(3)7-8-17(20)4)34-19(14-38-26(34)33-24(22)27(28,29)30)11-21(35)32-13-18-6-5-9-31-12-18/h5-10,12,14-15,23H,11,13H2,1-4H3,(H,32,35). The second-order valence-corrected chi connectivity index (χ2v) is 10.1. The van der Waals surface area contributed by atoms with Gasteiger partial charge in [0.1, 0.15) is 0 Å². The largest absolute Gasteiger partial charge is 0.459 e. The first kappa shape index (κ1) is 27.4. The van der Waals surface area contributed by atoms with Crippen LogP contribution in [0.2, 0.25) is 0 Å². The summed E-state index contributed by atoms with van der Waals surface area (Å²) in [5.41, 5.74) is 1.34. The van der Waals surface area contributed by atoms with Crippen molar-refractivity contribution in [3.8, 4) is 0 Å². The number of ether oxygens (including phenoxy) is 1. The van der Waals surface area contributed by atoms with Gasteiger partial charge in [0, 0.05) is 24.6 Å². The van der Waals surface area contributed by atoms with Crippen LogP contribution in [0.3, 0.4) is 0 Å². The van der Waals surface area contributed by atoms with Crippen LogP contribution in [-0.4, -0.2) is 39.2 Å². The summed E-state index contributed by atoms with van der Waals surface area (Å²) < 4.78 is 48.2. The Kier molecular flexibility index (Phi) is 7.96. The van der Waals surface area contributed by atoms with E-state index in [2.05, 4.69) is 15.3 Å². The smallest absolute Gasteiger partial charge is 0.434 e. The molecule has 0 radical (unpaired) electrons. The number of nitrogens with zero attached hydrogens (tertiary/aromatic N) is 3. The van der Waals surface area contributed by atoms with Gasteiger partial charge in [0.05, 0.1) is 24.1 Å². The van der Waals surface area contributed by atoms with Crippen LogP contribution in [-0.2, 0) is 20.9 Å². The molecule has 1 amide bonds. The first-order valence-corrected chi connectivity index (χ1v) is 12.8. The fourth-order valence-electron chi connectivity index (χ4n) is 4.24. The summed E-state index contributed by atoms with van der Waals surface area (Å²) in [5, 5.41) is 4.45. The SMILES string of the molecule is Cc1ccc(C)c(C2C(C(=O)OC(C)C)=C(C(F)(F)F)N=C3SC=C(CC(=O)NCc4cccnc4)N32)c1. The summed E-state index contributed by atoms with van der Waals surface area (Å²) in [4.78, 5) is 35.5. The molecule has 1 unspecified atom stereocenters. The molecule has 2 aliphatic rings. The molecule has 0 saturated heterocycles. The minimum Gasteiger partial charge on any atom is -0.459 e. The molecule has 1 aromatic heterocycles. The number of aryl methyl sites for hydroxylation is 2. The van der Waals surface area contributed by atoms with E-state index >= 15 is 0 Å². The first-order valence-electron chi connectivity index (χ1n) is 11.9. The Morgan fingerprint density at radius 2 is 1.97 bits per heavy atom. The quantitative estimate of drug-likeness (QED) is 0.465. The number of carbonyl (C=O) groups is 2. The normalized spacial score (nSPS) is 17.3. The molecule has 3 heterocycles. The number of hydrogen-bond donors (Lipinski definition) is 1. The van der Waals surface area contributed by atoms with E-state index in [-0.39, 0.29) is 24.0 Å². The van der Waals surface area contributed by atoms with E-state index < -0.39 is 35.6 Å². The number of benzene rings is 1. The van der Waals surface area contributed by atoms with Crippen LogP contribution < -0.4 is 5.32 Å². The maximum absolute atomic E-state index is 14.3. The Morgan fingerprint density at radius 3 is 2.63 bits per heavy atom. The molecule has 200 valence electrons. The first-order chi connectivity index (χ1) is 18.0. The number of allylic oxidation sites excluding steroid dienone is 1. The number of thioether (sulfide) groups is 1. The maximum atomic E-state index is 14.3. The molecule has 0 aliphatic carbocycles. The summed E-state index contributed by atoms with van der Waals surface area (Å²) >= 11 is 0.984. The van der Waals surface area contributed by atoms with Crippen LogP contribution >= 0.6 is 11.8 Å². The molecule has 38 heavy (non-hydrogen) atoms. The third-order valence-corrected chi connectivity index (χ3v) is 6.81. The monoisotopic (exact) mass is 544 g/mol. The number of esters is 1. The van der Waals surface area contributed by atoms with Crippen LogP contribution in [0.4, 0.5) is 13.2 Å². The fourth-order valence-corrected chi connectivity index (χ4v) is 5.15. The maximum Gasteiger partial charge on any atom is 0.434 e. The predicted octanol–water partition coefficient (Wildman–Crippen LogP) is 5.47. The lowest BCUT2D eigenvalue weighted by molar-refractivity contribution is -0.145. The number of carbonyl (C=O) groups excluding carboxylic acids is 2. The van der Waals surface area contributed by atoms with Crippen LogP contribution in [0.1, 0.15) is 48.6 Å². The number of amides is 1. The van der Waals surface area contributed by atoms with E-state index in [9.17, 15) is 22.8 Å². The van der Waals surface area contributed by atoms with Crippen LogP contribution in [0.25, 0.3) is 0 Å². The highest BCUT2D eigenvalue weighted by molar-refractivity contribution is 8.16. The molecule has 11 heteroatoms. The zero-order valence-electron chi connectivity index (χ0n) is 21.3. The minimum atomic E-state index is -4.90. The highest BCUT2D eigenvalue weighted by atomic mass is 32.2. The van der Waals surface area contributed by atoms with Crippen molar-refractivity contribution in [1.29, 1.82) is 0 Å². The van der Waals surface area contributed by atoms with Crippen molar-refractivity contribution in [3.63, 3.8) is 0 Å². The molecule has 2 aliphatic heterocycles. The second-order valence-electron chi connectivity index (χ2n) is 9.28. The third-order valence-electron chi connectivity index (χ3n) is 5.92. The molecular formula is C27H27F3N4O3S. The molecule has 2 aromatic rings. The Morgan fingerprint density at radius 1 is 1.21 bits per heavy atom. The Bertz CT molecular complexity index is 1340. The van der Waals surface area contributed by atoms with E-state index in [1.807, 2.05) is 19.1 Å². The lowest BCUT2D eigenvalue weighted by Gasteiger charge is -2.37. The van der Waals surface area contributed by atoms with E-state index in [4.69, 9.17) is 4.74 Å². The van der Waals surface area contributed by atoms with Gasteiger partial charge >= 0.3 is 12.1 Å². The third kappa shape index (κ3) is 5.93. The Hall–Kier alpha value is -3.60. The molecule has 0 fully saturated rings. The number of pyridine rings is 1. The van der Waals surface area contributed by atoms with E-state index in [0.29, 0.717) is 16.8 Å². The summed E-state index contributed by atoms with van der Waals surface area (Å²) in [7, 11) is 0. The number of amidine groups is 1. The zero-order valence-corrected chi connectivity index (χ0v) is 22.1. The minimum absolute atomic E-state index is 0.0411. The van der Waals surface area contributed by atoms with Crippen molar-refractivity contribution in [2.24, 2.45) is 4.99 Å². The van der Waals surface area contributed by atoms with Crippen molar-refractivity contribution in [1.82, 2.24) is 15.2 Å². The number of aliphatic imine (C=N–C) groups is 1. The van der Waals surface area contributed by atoms with E-state index in [1.165, 1.54) is 0 Å². The molecule has 0 bridgehead atoms. The lowest BCUT2D eigenvalue weighted by Crippen LogP contribution is -2.40. The Balaban J connectivity index is 1.75. The summed E-state index contributed by atoms with van der Waals surface area (Å²) in [6.45, 7) is 6.98. The van der Waals surface area contributed by atoms with Crippen LogP contribution in [0.5, 0.6) is 0 Å². The average Bonchev–Trinajstić information content (AvgIpc) is 3.25. The zero-order chi connectivity index (χ0) is 27.6. The predicted molar refractivity (Wildman–Crippen MR) is 139 cm³/mol. The van der Waals surface area contributed by atoms with Gasteiger partial charge < -0.3 is 15.0 Å². The molecular weight excluding hydrogens is 517 g/mol. The van der Waals surface area contributed by atoms with Crippen LogP contribution in [0.15, 0.2) is 70.1 Å². The average molecular weight is 545 g/mol. The van der Waals surface area contributed by atoms with E-state index in [0.717, 1.165) is 22.9 Å². The molecule has 0 saturated carbocycles. The van der Waals surface area contributed by atoms with Crippen molar-refractivity contribution < 1.29 is 27.5 Å². The second kappa shape index (κ2) is 11.0. The number of fused-ring (bicyclic) bond motifs is 1. The summed E-state index contributed by atoms with van der Waals surface area (Å²) in [5.74, 6) is -1.43. The van der Waals surface area contributed by atoms with Gasteiger partial charge in [-0.1, -0.05) is 41.6 Å². The van der Waals surface area contributed by atoms with Gasteiger partial charge in [-0.2, -0.15) is 13.2 Å². The van der Waals surface area contributed by atoms with Gasteiger partial charge in [-0.05, 0) is 55.9 Å². The number of halogens is 3. The highest BCUT2D eigenvalue weighted by Gasteiger charge is 2.49. The van der Waals surface area contributed by atoms with Crippen LogP contribution in [0, 0.1) is 13.8 Å². The molecule has 7 nitrogen and oxygen atoms in total. The van der Waals surface area contributed by atoms with Gasteiger partial charge in [-0.15, -0.1) is 0 Å². The van der Waals surface area contributed by atoms with Crippen molar-refractivity contribution >= 4 is 28.8 Å². The topological polar surface area (TPSA) is 83.9 Å². The number of alkyl halides is 3. The van der Waals surface area contributed by atoms with Gasteiger partial charge in [-0.25, -0.2) is 9.79 Å². The Labute approximate surface area is 222 Å². The van der Waals surface area contributed by atoms with Crippen molar-refractivity contribution in [2.75, 3.05) is 0 Å². The number of aromatic nitrogens is 1. The highest BCUT2D eigenvalue weighted by Crippen LogP contribution is 2.48. The molecule has 0 spiro atoms. The summed E-state index contributed by atoms with van der Waals surface area (Å²) in [6.07, 6.45) is -2.41. The van der Waals surface area contributed by atoms with Crippen molar-refractivity contribution in [3.05, 3.63) is 87.4 Å². The summed E-state index contributed by atoms with van der Waals surface area (Å²) in [6, 6.07) is 7.78. The molecule has 4 rings (SSSR count).